The molecule has 0 bridgehead atoms. The lowest BCUT2D eigenvalue weighted by molar-refractivity contribution is 0.164. The lowest BCUT2D eigenvalue weighted by Crippen LogP contribution is -2.21. The van der Waals surface area contributed by atoms with Crippen molar-refractivity contribution in [1.29, 1.82) is 0 Å². The first kappa shape index (κ1) is 13.5. The minimum atomic E-state index is -0.460. The van der Waals surface area contributed by atoms with E-state index in [9.17, 15) is 5.11 Å². The maximum Gasteiger partial charge on any atom is 0.122 e. The molecule has 0 aliphatic heterocycles. The van der Waals surface area contributed by atoms with Crippen LogP contribution in [0.4, 0.5) is 0 Å². The molecule has 0 spiro atoms. The van der Waals surface area contributed by atoms with Crippen LogP contribution in [0.15, 0.2) is 22.7 Å². The Bertz CT molecular complexity index is 344. The quantitative estimate of drug-likeness (QED) is 0.874. The summed E-state index contributed by atoms with van der Waals surface area (Å²) in [5.41, 5.74) is 6.50. The second kappa shape index (κ2) is 6.23. The number of benzene rings is 1. The van der Waals surface area contributed by atoms with Crippen molar-refractivity contribution in [2.75, 3.05) is 13.7 Å². The fourth-order valence-electron chi connectivity index (χ4n) is 1.72. The van der Waals surface area contributed by atoms with Gasteiger partial charge < -0.3 is 15.6 Å². The van der Waals surface area contributed by atoms with Gasteiger partial charge in [-0.1, -0.05) is 22.9 Å². The molecule has 1 rings (SSSR count). The monoisotopic (exact) mass is 287 g/mol. The fourth-order valence-corrected chi connectivity index (χ4v) is 2.10. The standard InChI is InChI=1S/C12H18BrNO2/c1-8(5-10(15)7-14)11-6-9(13)3-4-12(11)16-2/h3-4,6,8,10,15H,5,7,14H2,1-2H3. The first-order chi connectivity index (χ1) is 7.58. The molecule has 0 fully saturated rings. The number of aliphatic hydroxyl groups excluding tert-OH is 1. The largest absolute Gasteiger partial charge is 0.496 e. The van der Waals surface area contributed by atoms with Gasteiger partial charge in [-0.25, -0.2) is 0 Å². The van der Waals surface area contributed by atoms with E-state index in [1.807, 2.05) is 18.2 Å². The first-order valence-electron chi connectivity index (χ1n) is 5.30. The van der Waals surface area contributed by atoms with Gasteiger partial charge in [-0.05, 0) is 36.1 Å². The van der Waals surface area contributed by atoms with Gasteiger partial charge in [0.15, 0.2) is 0 Å². The predicted octanol–water partition coefficient (Wildman–Crippen LogP) is 2.27. The molecule has 1 aromatic rings. The molecule has 0 saturated heterocycles. The Labute approximate surface area is 105 Å². The molecule has 2 unspecified atom stereocenters. The summed E-state index contributed by atoms with van der Waals surface area (Å²) in [6.45, 7) is 2.35. The van der Waals surface area contributed by atoms with Crippen LogP contribution >= 0.6 is 15.9 Å². The number of halogens is 1. The molecule has 0 aromatic heterocycles. The number of hydrogen-bond acceptors (Lipinski definition) is 3. The van der Waals surface area contributed by atoms with Crippen molar-refractivity contribution in [3.05, 3.63) is 28.2 Å². The topological polar surface area (TPSA) is 55.5 Å². The molecule has 3 nitrogen and oxygen atoms in total. The lowest BCUT2D eigenvalue weighted by Gasteiger charge is -2.18. The van der Waals surface area contributed by atoms with Crippen molar-refractivity contribution >= 4 is 15.9 Å². The maximum absolute atomic E-state index is 9.55. The Balaban J connectivity index is 2.88. The molecule has 90 valence electrons. The van der Waals surface area contributed by atoms with E-state index in [1.54, 1.807) is 7.11 Å². The number of rotatable bonds is 5. The molecule has 3 N–H and O–H groups in total. The van der Waals surface area contributed by atoms with Gasteiger partial charge >= 0.3 is 0 Å². The Morgan fingerprint density at radius 1 is 1.50 bits per heavy atom. The summed E-state index contributed by atoms with van der Waals surface area (Å²) in [6, 6.07) is 5.88. The zero-order valence-corrected chi connectivity index (χ0v) is 11.2. The number of hydrogen-bond donors (Lipinski definition) is 2. The van der Waals surface area contributed by atoms with Gasteiger partial charge in [-0.15, -0.1) is 0 Å². The van der Waals surface area contributed by atoms with Crippen molar-refractivity contribution in [1.82, 2.24) is 0 Å². The van der Waals surface area contributed by atoms with Gasteiger partial charge in [0.25, 0.3) is 0 Å². The van der Waals surface area contributed by atoms with Crippen molar-refractivity contribution in [2.45, 2.75) is 25.4 Å². The zero-order valence-electron chi connectivity index (χ0n) is 9.61. The molecule has 0 aliphatic rings. The van der Waals surface area contributed by atoms with Crippen LogP contribution in [0, 0.1) is 0 Å². The number of nitrogens with two attached hydrogens (primary N) is 1. The Morgan fingerprint density at radius 3 is 2.75 bits per heavy atom. The molecule has 2 atom stereocenters. The molecule has 0 aliphatic carbocycles. The molecule has 0 radical (unpaired) electrons. The van der Waals surface area contributed by atoms with Crippen molar-refractivity contribution in [3.8, 4) is 5.75 Å². The molecule has 0 saturated carbocycles. The van der Waals surface area contributed by atoms with Crippen LogP contribution in [-0.2, 0) is 0 Å². The summed E-state index contributed by atoms with van der Waals surface area (Å²) >= 11 is 3.43. The third kappa shape index (κ3) is 3.47. The summed E-state index contributed by atoms with van der Waals surface area (Å²) in [7, 11) is 1.65. The van der Waals surface area contributed by atoms with E-state index in [1.165, 1.54) is 0 Å². The van der Waals surface area contributed by atoms with E-state index >= 15 is 0 Å². The SMILES string of the molecule is COc1ccc(Br)cc1C(C)CC(O)CN. The van der Waals surface area contributed by atoms with E-state index in [2.05, 4.69) is 22.9 Å². The molecular formula is C12H18BrNO2. The van der Waals surface area contributed by atoms with Gasteiger partial charge in [0.05, 0.1) is 13.2 Å². The third-order valence-corrected chi connectivity index (χ3v) is 3.11. The maximum atomic E-state index is 9.55. The second-order valence-electron chi connectivity index (χ2n) is 3.91. The minimum absolute atomic E-state index is 0.214. The zero-order chi connectivity index (χ0) is 12.1. The normalized spacial score (nSPS) is 14.6. The van der Waals surface area contributed by atoms with Crippen molar-refractivity contribution in [3.63, 3.8) is 0 Å². The first-order valence-corrected chi connectivity index (χ1v) is 6.09. The molecule has 0 heterocycles. The lowest BCUT2D eigenvalue weighted by atomic mass is 9.94. The number of ether oxygens (including phenoxy) is 1. The minimum Gasteiger partial charge on any atom is -0.496 e. The van der Waals surface area contributed by atoms with E-state index in [-0.39, 0.29) is 5.92 Å². The van der Waals surface area contributed by atoms with Crippen LogP contribution in [0.3, 0.4) is 0 Å². The highest BCUT2D eigenvalue weighted by molar-refractivity contribution is 9.10. The Kier molecular flexibility index (Phi) is 5.25. The Morgan fingerprint density at radius 2 is 2.19 bits per heavy atom. The van der Waals surface area contributed by atoms with E-state index in [4.69, 9.17) is 10.5 Å². The van der Waals surface area contributed by atoms with Crippen LogP contribution in [0.1, 0.15) is 24.8 Å². The molecule has 1 aromatic carbocycles. The molecule has 16 heavy (non-hydrogen) atoms. The van der Waals surface area contributed by atoms with Gasteiger partial charge in [0.1, 0.15) is 5.75 Å². The van der Waals surface area contributed by atoms with Crippen LogP contribution < -0.4 is 10.5 Å². The highest BCUT2D eigenvalue weighted by atomic mass is 79.9. The Hall–Kier alpha value is -0.580. The van der Waals surface area contributed by atoms with Crippen molar-refractivity contribution in [2.24, 2.45) is 5.73 Å². The van der Waals surface area contributed by atoms with Crippen LogP contribution in [0.2, 0.25) is 0 Å². The van der Waals surface area contributed by atoms with E-state index in [0.717, 1.165) is 15.8 Å². The average molecular weight is 288 g/mol. The fraction of sp³-hybridized carbons (Fsp3) is 0.500. The van der Waals surface area contributed by atoms with Gasteiger partial charge in [0.2, 0.25) is 0 Å². The molecular weight excluding hydrogens is 270 g/mol. The summed E-state index contributed by atoms with van der Waals surface area (Å²) in [4.78, 5) is 0. The van der Waals surface area contributed by atoms with E-state index < -0.39 is 6.10 Å². The molecule has 0 amide bonds. The average Bonchev–Trinajstić information content (AvgIpc) is 2.28. The van der Waals surface area contributed by atoms with Gasteiger partial charge in [-0.2, -0.15) is 0 Å². The van der Waals surface area contributed by atoms with E-state index in [0.29, 0.717) is 13.0 Å². The van der Waals surface area contributed by atoms with Crippen LogP contribution in [0.5, 0.6) is 5.75 Å². The third-order valence-electron chi connectivity index (χ3n) is 2.62. The predicted molar refractivity (Wildman–Crippen MR) is 68.8 cm³/mol. The highest BCUT2D eigenvalue weighted by Gasteiger charge is 2.15. The molecule has 4 heteroatoms. The number of methoxy groups -OCH3 is 1. The number of aliphatic hydroxyl groups is 1. The highest BCUT2D eigenvalue weighted by Crippen LogP contribution is 2.31. The van der Waals surface area contributed by atoms with Gasteiger partial charge in [0, 0.05) is 11.0 Å². The van der Waals surface area contributed by atoms with Crippen LogP contribution in [-0.4, -0.2) is 24.9 Å². The van der Waals surface area contributed by atoms with Gasteiger partial charge in [-0.3, -0.25) is 0 Å². The summed E-state index contributed by atoms with van der Waals surface area (Å²) < 4.78 is 6.31. The summed E-state index contributed by atoms with van der Waals surface area (Å²) in [5, 5.41) is 9.55. The van der Waals surface area contributed by atoms with Crippen LogP contribution in [0.25, 0.3) is 0 Å². The summed E-state index contributed by atoms with van der Waals surface area (Å²) in [6.07, 6.45) is 0.183. The second-order valence-corrected chi connectivity index (χ2v) is 4.83. The van der Waals surface area contributed by atoms with Crippen molar-refractivity contribution < 1.29 is 9.84 Å². The summed E-state index contributed by atoms with van der Waals surface area (Å²) in [5.74, 6) is 1.06. The smallest absolute Gasteiger partial charge is 0.122 e.